The Hall–Kier alpha value is -3.69. The highest BCUT2D eigenvalue weighted by atomic mass is 19.1. The molecule has 2 fully saturated rings. The number of rotatable bonds is 7. The van der Waals surface area contributed by atoms with E-state index in [9.17, 15) is 14.0 Å². The van der Waals surface area contributed by atoms with Gasteiger partial charge < -0.3 is 25.6 Å². The maximum absolute atomic E-state index is 13.2. The first-order chi connectivity index (χ1) is 16.1. The number of carbonyl (C=O) groups excluding carboxylic acids is 2. The second-order valence-corrected chi connectivity index (χ2v) is 8.54. The van der Waals surface area contributed by atoms with Gasteiger partial charge in [-0.25, -0.2) is 13.9 Å². The number of fused-ring (bicyclic) bond motifs is 1. The van der Waals surface area contributed by atoms with Crippen LogP contribution in [0.25, 0.3) is 5.65 Å². The number of hydrogen-bond acceptors (Lipinski definition) is 7. The average molecular weight is 452 g/mol. The van der Waals surface area contributed by atoms with E-state index >= 15 is 0 Å². The van der Waals surface area contributed by atoms with Gasteiger partial charge in [0.1, 0.15) is 12.5 Å². The fourth-order valence-electron chi connectivity index (χ4n) is 4.15. The lowest BCUT2D eigenvalue weighted by Gasteiger charge is -2.31. The number of nitrogens with one attached hydrogen (secondary N) is 3. The molecule has 9 nitrogen and oxygen atoms in total. The lowest BCUT2D eigenvalue weighted by Crippen LogP contribution is -2.34. The number of amides is 1. The molecule has 3 heterocycles. The molecule has 1 aliphatic heterocycles. The molecule has 5 rings (SSSR count). The van der Waals surface area contributed by atoms with E-state index in [2.05, 4.69) is 37.0 Å². The minimum atomic E-state index is -0.984. The number of piperidine rings is 1. The number of anilines is 4. The van der Waals surface area contributed by atoms with Gasteiger partial charge in [0, 0.05) is 49.9 Å². The third-order valence-electron chi connectivity index (χ3n) is 6.21. The number of nitrogens with zero attached hydrogens (tertiary/aromatic N) is 4. The number of imidazole rings is 1. The summed E-state index contributed by atoms with van der Waals surface area (Å²) in [6, 6.07) is 9.40. The van der Waals surface area contributed by atoms with Crippen LogP contribution in [0.5, 0.6) is 0 Å². The van der Waals surface area contributed by atoms with Crippen molar-refractivity contribution in [3.63, 3.8) is 0 Å². The van der Waals surface area contributed by atoms with Gasteiger partial charge in [-0.05, 0) is 31.0 Å². The Labute approximate surface area is 190 Å². The van der Waals surface area contributed by atoms with Gasteiger partial charge >= 0.3 is 0 Å². The van der Waals surface area contributed by atoms with Crippen LogP contribution in [0.1, 0.15) is 29.8 Å². The zero-order chi connectivity index (χ0) is 22.9. The van der Waals surface area contributed by atoms with Crippen molar-refractivity contribution in [2.45, 2.75) is 31.5 Å². The molecule has 1 saturated carbocycles. The van der Waals surface area contributed by atoms with E-state index in [0.717, 1.165) is 43.6 Å². The maximum Gasteiger partial charge on any atom is 0.271 e. The lowest BCUT2D eigenvalue weighted by molar-refractivity contribution is -0.111. The van der Waals surface area contributed by atoms with Crippen molar-refractivity contribution >= 4 is 40.7 Å². The average Bonchev–Trinajstić information content (AvgIpc) is 3.35. The number of carbonyl (C=O) groups is 2. The Bertz CT molecular complexity index is 1190. The van der Waals surface area contributed by atoms with Gasteiger partial charge in [0.25, 0.3) is 5.91 Å². The number of halogens is 1. The predicted octanol–water partition coefficient (Wildman–Crippen LogP) is 2.77. The fraction of sp³-hybridized carbons (Fsp3) is 0.391. The van der Waals surface area contributed by atoms with E-state index in [1.807, 2.05) is 24.3 Å². The topological polar surface area (TPSA) is 104 Å². The first-order valence-corrected chi connectivity index (χ1v) is 11.1. The normalized spacial score (nSPS) is 20.5. The highest BCUT2D eigenvalue weighted by Gasteiger charge is 2.39. The minimum Gasteiger partial charge on any atom is -0.385 e. The van der Waals surface area contributed by atoms with Gasteiger partial charge in [-0.2, -0.15) is 0 Å². The van der Waals surface area contributed by atoms with Crippen LogP contribution in [0.15, 0.2) is 36.5 Å². The van der Waals surface area contributed by atoms with Gasteiger partial charge in [-0.3, -0.25) is 4.79 Å². The fourth-order valence-corrected chi connectivity index (χ4v) is 4.15. The number of benzene rings is 1. The zero-order valence-electron chi connectivity index (χ0n) is 18.3. The summed E-state index contributed by atoms with van der Waals surface area (Å²) in [7, 11) is 1.77. The molecule has 1 aromatic carbocycles. The number of hydrogen-bond donors (Lipinski definition) is 3. The Balaban J connectivity index is 1.39. The Morgan fingerprint density at radius 1 is 1.24 bits per heavy atom. The largest absolute Gasteiger partial charge is 0.385 e. The lowest BCUT2D eigenvalue weighted by atomic mass is 9.98. The molecular weight excluding hydrogens is 425 g/mol. The quantitative estimate of drug-likeness (QED) is 0.475. The summed E-state index contributed by atoms with van der Waals surface area (Å²) < 4.78 is 14.7. The van der Waals surface area contributed by atoms with E-state index in [1.54, 1.807) is 7.05 Å². The smallest absolute Gasteiger partial charge is 0.271 e. The molecule has 3 N–H and O–H groups in total. The van der Waals surface area contributed by atoms with Crippen molar-refractivity contribution < 1.29 is 14.0 Å². The molecule has 1 amide bonds. The highest BCUT2D eigenvalue weighted by Crippen LogP contribution is 2.28. The molecule has 2 aliphatic rings. The molecule has 10 heteroatoms. The van der Waals surface area contributed by atoms with E-state index in [-0.39, 0.29) is 11.6 Å². The van der Waals surface area contributed by atoms with Crippen LogP contribution >= 0.6 is 0 Å². The minimum absolute atomic E-state index is 0.149. The van der Waals surface area contributed by atoms with Crippen molar-refractivity contribution in [1.29, 1.82) is 0 Å². The summed E-state index contributed by atoms with van der Waals surface area (Å²) in [4.78, 5) is 30.2. The first-order valence-electron chi connectivity index (χ1n) is 11.1. The second-order valence-electron chi connectivity index (χ2n) is 8.54. The zero-order valence-corrected chi connectivity index (χ0v) is 18.3. The van der Waals surface area contributed by atoms with Crippen LogP contribution in [-0.4, -0.2) is 59.1 Å². The van der Waals surface area contributed by atoms with Crippen molar-refractivity contribution in [1.82, 2.24) is 19.9 Å². The summed E-state index contributed by atoms with van der Waals surface area (Å²) in [5.74, 6) is 0.279. The first kappa shape index (κ1) is 21.2. The molecule has 0 unspecified atom stereocenters. The van der Waals surface area contributed by atoms with Crippen LogP contribution in [-0.2, 0) is 4.79 Å². The van der Waals surface area contributed by atoms with Crippen molar-refractivity contribution in [2.24, 2.45) is 5.92 Å². The molecule has 2 aromatic heterocycles. The van der Waals surface area contributed by atoms with Crippen LogP contribution in [0.2, 0.25) is 0 Å². The van der Waals surface area contributed by atoms with Crippen LogP contribution in [0, 0.1) is 5.92 Å². The van der Waals surface area contributed by atoms with E-state index in [4.69, 9.17) is 0 Å². The third-order valence-corrected chi connectivity index (χ3v) is 6.21. The van der Waals surface area contributed by atoms with Gasteiger partial charge in [0.05, 0.1) is 17.9 Å². The Morgan fingerprint density at radius 2 is 2.03 bits per heavy atom. The summed E-state index contributed by atoms with van der Waals surface area (Å²) in [6.07, 6.45) is 3.58. The van der Waals surface area contributed by atoms with Crippen molar-refractivity contribution in [2.75, 3.05) is 35.7 Å². The molecule has 1 saturated heterocycles. The molecule has 0 bridgehead atoms. The molecule has 172 valence electrons. The summed E-state index contributed by atoms with van der Waals surface area (Å²) >= 11 is 0. The van der Waals surface area contributed by atoms with Gasteiger partial charge in [-0.15, -0.1) is 5.10 Å². The second kappa shape index (κ2) is 8.68. The highest BCUT2D eigenvalue weighted by molar-refractivity contribution is 5.94. The van der Waals surface area contributed by atoms with Gasteiger partial charge in [0.15, 0.2) is 17.2 Å². The Kier molecular flexibility index (Phi) is 5.57. The standard InChI is InChI=1S/C23H26FN7O2/c1-25-19-11-21(29-31-20(12-26-22(19)31)23(33)28-18-10-17(18)24)27-15-3-2-4-16(9-15)30-7-5-14(13-32)6-8-30/h2-4,9,11-14,17-18,25H,5-8,10H2,1H3,(H,27,29)(H,28,33)/t17-,18+/m0/s1. The number of aldehydes is 1. The predicted molar refractivity (Wildman–Crippen MR) is 124 cm³/mol. The number of alkyl halides is 1. The molecule has 2 atom stereocenters. The molecule has 0 radical (unpaired) electrons. The van der Waals surface area contributed by atoms with Crippen LogP contribution in [0.3, 0.4) is 0 Å². The molecule has 33 heavy (non-hydrogen) atoms. The Morgan fingerprint density at radius 3 is 2.73 bits per heavy atom. The van der Waals surface area contributed by atoms with E-state index in [0.29, 0.717) is 23.6 Å². The summed E-state index contributed by atoms with van der Waals surface area (Å²) in [5, 5.41) is 13.6. The van der Waals surface area contributed by atoms with Gasteiger partial charge in [0.2, 0.25) is 0 Å². The molecule has 0 spiro atoms. The summed E-state index contributed by atoms with van der Waals surface area (Å²) in [5.41, 5.74) is 3.38. The van der Waals surface area contributed by atoms with E-state index in [1.165, 1.54) is 10.7 Å². The van der Waals surface area contributed by atoms with Crippen LogP contribution in [0.4, 0.5) is 27.3 Å². The third kappa shape index (κ3) is 4.33. The van der Waals surface area contributed by atoms with Gasteiger partial charge in [-0.1, -0.05) is 6.07 Å². The molecule has 1 aliphatic carbocycles. The number of aromatic nitrogens is 3. The maximum atomic E-state index is 13.2. The van der Waals surface area contributed by atoms with Crippen LogP contribution < -0.4 is 20.9 Å². The monoisotopic (exact) mass is 451 g/mol. The SMILES string of the molecule is CNc1cc(Nc2cccc(N3CCC(C=O)CC3)c2)nn2c(C(=O)N[C@@H]3C[C@@H]3F)cnc12. The molecular formula is C23H26FN7O2. The van der Waals surface area contributed by atoms with Crippen molar-refractivity contribution in [3.8, 4) is 0 Å². The van der Waals surface area contributed by atoms with Crippen molar-refractivity contribution in [3.05, 3.63) is 42.2 Å². The summed E-state index contributed by atoms with van der Waals surface area (Å²) in [6.45, 7) is 1.68. The van der Waals surface area contributed by atoms with E-state index < -0.39 is 18.1 Å². The molecule has 3 aromatic rings.